The monoisotopic (exact) mass is 252 g/mol. The van der Waals surface area contributed by atoms with Crippen molar-refractivity contribution in [2.24, 2.45) is 0 Å². The number of nitrogens with zero attached hydrogens (tertiary/aromatic N) is 1. The Morgan fingerprint density at radius 1 is 1.11 bits per heavy atom. The first-order valence-electron chi connectivity index (χ1n) is 6.51. The number of rotatable bonds is 4. The van der Waals surface area contributed by atoms with Crippen LogP contribution in [0.4, 0.5) is 0 Å². The van der Waals surface area contributed by atoms with Gasteiger partial charge in [0.1, 0.15) is 5.76 Å². The Labute approximate surface area is 112 Å². The van der Waals surface area contributed by atoms with E-state index in [0.29, 0.717) is 0 Å². The number of pyridine rings is 1. The van der Waals surface area contributed by atoms with Gasteiger partial charge in [0.2, 0.25) is 0 Å². The molecule has 1 aromatic carbocycles. The Balaban J connectivity index is 2.01. The molecule has 3 heteroatoms. The first kappa shape index (κ1) is 11.9. The highest BCUT2D eigenvalue weighted by molar-refractivity contribution is 5.81. The molecule has 19 heavy (non-hydrogen) atoms. The molecule has 2 heterocycles. The Morgan fingerprint density at radius 3 is 2.89 bits per heavy atom. The number of nitrogens with one attached hydrogen (secondary N) is 1. The fraction of sp³-hybridized carbons (Fsp3) is 0.188. The molecule has 0 unspecified atom stereocenters. The van der Waals surface area contributed by atoms with E-state index in [1.807, 2.05) is 30.3 Å². The van der Waals surface area contributed by atoms with E-state index < -0.39 is 0 Å². The highest BCUT2D eigenvalue weighted by atomic mass is 16.3. The molecular formula is C16H16N2O. The Bertz CT molecular complexity index is 688. The molecule has 0 amide bonds. The predicted molar refractivity (Wildman–Crippen MR) is 76.8 cm³/mol. The van der Waals surface area contributed by atoms with Crippen LogP contribution in [0, 0.1) is 0 Å². The first-order chi connectivity index (χ1) is 9.38. The van der Waals surface area contributed by atoms with E-state index in [2.05, 4.69) is 24.4 Å². The van der Waals surface area contributed by atoms with Crippen molar-refractivity contribution in [1.29, 1.82) is 0 Å². The standard InChI is InChI=1S/C16H16N2O/c1-2-17-11-16-13(9-10-19-16)15-8-7-12-5-3-4-6-14(12)18-15/h3-10,17H,2,11H2,1H3. The van der Waals surface area contributed by atoms with Crippen LogP contribution >= 0.6 is 0 Å². The van der Waals surface area contributed by atoms with Crippen LogP contribution in [0.1, 0.15) is 12.7 Å². The predicted octanol–water partition coefficient (Wildman–Crippen LogP) is 3.60. The van der Waals surface area contributed by atoms with E-state index in [0.717, 1.165) is 41.0 Å². The summed E-state index contributed by atoms with van der Waals surface area (Å²) in [6, 6.07) is 14.3. The maximum absolute atomic E-state index is 5.53. The normalized spacial score (nSPS) is 11.0. The lowest BCUT2D eigenvalue weighted by molar-refractivity contribution is 0.489. The van der Waals surface area contributed by atoms with Gasteiger partial charge in [-0.05, 0) is 24.7 Å². The van der Waals surface area contributed by atoms with Gasteiger partial charge in [-0.25, -0.2) is 4.98 Å². The van der Waals surface area contributed by atoms with Gasteiger partial charge < -0.3 is 9.73 Å². The molecule has 0 aliphatic rings. The van der Waals surface area contributed by atoms with Crippen LogP contribution in [0.2, 0.25) is 0 Å². The molecule has 1 N–H and O–H groups in total. The lowest BCUT2D eigenvalue weighted by Gasteiger charge is -2.04. The molecule has 0 aliphatic carbocycles. The second-order valence-corrected chi connectivity index (χ2v) is 4.43. The van der Waals surface area contributed by atoms with Crippen LogP contribution < -0.4 is 5.32 Å². The SMILES string of the molecule is CCNCc1occc1-c1ccc2ccccc2n1. The Hall–Kier alpha value is -2.13. The van der Waals surface area contributed by atoms with Gasteiger partial charge in [-0.3, -0.25) is 0 Å². The average molecular weight is 252 g/mol. The summed E-state index contributed by atoms with van der Waals surface area (Å²) in [5, 5.41) is 4.43. The highest BCUT2D eigenvalue weighted by Gasteiger charge is 2.09. The molecule has 0 fully saturated rings. The fourth-order valence-electron chi connectivity index (χ4n) is 2.16. The van der Waals surface area contributed by atoms with Crippen molar-refractivity contribution in [3.8, 4) is 11.3 Å². The van der Waals surface area contributed by atoms with Gasteiger partial charge in [0.25, 0.3) is 0 Å². The summed E-state index contributed by atoms with van der Waals surface area (Å²) in [4.78, 5) is 4.70. The summed E-state index contributed by atoms with van der Waals surface area (Å²) in [7, 11) is 0. The summed E-state index contributed by atoms with van der Waals surface area (Å²) in [5.74, 6) is 0.935. The number of furan rings is 1. The molecule has 96 valence electrons. The fourth-order valence-corrected chi connectivity index (χ4v) is 2.16. The molecule has 0 saturated carbocycles. The van der Waals surface area contributed by atoms with Gasteiger partial charge in [0.15, 0.2) is 0 Å². The molecule has 3 nitrogen and oxygen atoms in total. The molecule has 0 aliphatic heterocycles. The summed E-state index contributed by atoms with van der Waals surface area (Å²) in [5.41, 5.74) is 3.03. The van der Waals surface area contributed by atoms with Gasteiger partial charge in [-0.2, -0.15) is 0 Å². The minimum absolute atomic E-state index is 0.730. The summed E-state index contributed by atoms with van der Waals surface area (Å²) in [6.45, 7) is 3.73. The molecular weight excluding hydrogens is 236 g/mol. The number of aromatic nitrogens is 1. The van der Waals surface area contributed by atoms with E-state index in [9.17, 15) is 0 Å². The number of fused-ring (bicyclic) bond motifs is 1. The molecule has 0 bridgehead atoms. The molecule has 0 spiro atoms. The quantitative estimate of drug-likeness (QED) is 0.771. The molecule has 0 atom stereocenters. The zero-order valence-corrected chi connectivity index (χ0v) is 10.9. The molecule has 0 saturated heterocycles. The lowest BCUT2D eigenvalue weighted by Crippen LogP contribution is -2.11. The zero-order valence-electron chi connectivity index (χ0n) is 10.9. The maximum Gasteiger partial charge on any atom is 0.126 e. The summed E-state index contributed by atoms with van der Waals surface area (Å²) >= 11 is 0. The molecule has 3 rings (SSSR count). The second kappa shape index (κ2) is 5.24. The largest absolute Gasteiger partial charge is 0.467 e. The van der Waals surface area contributed by atoms with E-state index in [-0.39, 0.29) is 0 Å². The average Bonchev–Trinajstić information content (AvgIpc) is 2.93. The smallest absolute Gasteiger partial charge is 0.126 e. The van der Waals surface area contributed by atoms with E-state index in [1.54, 1.807) is 6.26 Å². The Morgan fingerprint density at radius 2 is 2.00 bits per heavy atom. The minimum atomic E-state index is 0.730. The van der Waals surface area contributed by atoms with E-state index >= 15 is 0 Å². The van der Waals surface area contributed by atoms with Crippen molar-refractivity contribution >= 4 is 10.9 Å². The van der Waals surface area contributed by atoms with Crippen LogP contribution in [0.5, 0.6) is 0 Å². The number of hydrogen-bond acceptors (Lipinski definition) is 3. The van der Waals surface area contributed by atoms with Crippen molar-refractivity contribution in [2.75, 3.05) is 6.54 Å². The van der Waals surface area contributed by atoms with Gasteiger partial charge in [0.05, 0.1) is 24.0 Å². The first-order valence-corrected chi connectivity index (χ1v) is 6.51. The van der Waals surface area contributed by atoms with Crippen molar-refractivity contribution in [3.05, 3.63) is 54.5 Å². The highest BCUT2D eigenvalue weighted by Crippen LogP contribution is 2.25. The van der Waals surface area contributed by atoms with Crippen LogP contribution in [0.25, 0.3) is 22.2 Å². The lowest BCUT2D eigenvalue weighted by atomic mass is 10.1. The van der Waals surface area contributed by atoms with Gasteiger partial charge in [-0.15, -0.1) is 0 Å². The molecule has 0 radical (unpaired) electrons. The number of hydrogen-bond donors (Lipinski definition) is 1. The van der Waals surface area contributed by atoms with Crippen molar-refractivity contribution in [1.82, 2.24) is 10.3 Å². The topological polar surface area (TPSA) is 38.1 Å². The van der Waals surface area contributed by atoms with Gasteiger partial charge in [-0.1, -0.05) is 31.2 Å². The summed E-state index contributed by atoms with van der Waals surface area (Å²) in [6.07, 6.45) is 1.72. The molecule has 2 aromatic heterocycles. The maximum atomic E-state index is 5.53. The third kappa shape index (κ3) is 2.37. The van der Waals surface area contributed by atoms with Crippen molar-refractivity contribution < 1.29 is 4.42 Å². The van der Waals surface area contributed by atoms with Gasteiger partial charge in [0, 0.05) is 10.9 Å². The third-order valence-electron chi connectivity index (χ3n) is 3.16. The van der Waals surface area contributed by atoms with E-state index in [4.69, 9.17) is 9.40 Å². The van der Waals surface area contributed by atoms with Crippen LogP contribution in [0.3, 0.4) is 0 Å². The van der Waals surface area contributed by atoms with Crippen molar-refractivity contribution in [3.63, 3.8) is 0 Å². The number of benzene rings is 1. The second-order valence-electron chi connectivity index (χ2n) is 4.43. The van der Waals surface area contributed by atoms with Crippen molar-refractivity contribution in [2.45, 2.75) is 13.5 Å². The third-order valence-corrected chi connectivity index (χ3v) is 3.16. The van der Waals surface area contributed by atoms with Crippen LogP contribution in [-0.2, 0) is 6.54 Å². The zero-order chi connectivity index (χ0) is 13.1. The molecule has 3 aromatic rings. The van der Waals surface area contributed by atoms with Crippen LogP contribution in [0.15, 0.2) is 53.1 Å². The van der Waals surface area contributed by atoms with E-state index in [1.165, 1.54) is 0 Å². The van der Waals surface area contributed by atoms with Gasteiger partial charge >= 0.3 is 0 Å². The minimum Gasteiger partial charge on any atom is -0.467 e. The van der Waals surface area contributed by atoms with Crippen LogP contribution in [-0.4, -0.2) is 11.5 Å². The number of para-hydroxylation sites is 1. The summed E-state index contributed by atoms with van der Waals surface area (Å²) < 4.78 is 5.53. The Kier molecular flexibility index (Phi) is 3.29.